The van der Waals surface area contributed by atoms with Crippen LogP contribution in [0, 0.1) is 0 Å². The molecule has 3 rings (SSSR count). The molecule has 0 aliphatic heterocycles. The van der Waals surface area contributed by atoms with E-state index in [0.717, 1.165) is 21.1 Å². The first kappa shape index (κ1) is 24.0. The molecule has 0 bridgehead atoms. The van der Waals surface area contributed by atoms with Crippen LogP contribution in [0.25, 0.3) is 0 Å². The van der Waals surface area contributed by atoms with Crippen LogP contribution in [0.1, 0.15) is 18.1 Å². The molecule has 0 aromatic heterocycles. The molecule has 0 spiro atoms. The quantitative estimate of drug-likeness (QED) is 0.387. The smallest absolute Gasteiger partial charge is 0.264 e. The lowest BCUT2D eigenvalue weighted by Gasteiger charge is -2.25. The Morgan fingerprint density at radius 1 is 0.939 bits per heavy atom. The molecule has 0 radical (unpaired) electrons. The number of carbonyl (C=O) groups excluding carboxylic acids is 1. The number of nitrogens with one attached hydrogen (secondary N) is 1. The molecule has 7 nitrogen and oxygen atoms in total. The standard InChI is InChI=1S/C25H28N4O3S/c1-4-21-10-8-9-13-24(21)29(33(31,32)23-11-6-5-7-12-23)19-25(30)27-26-18-20-14-16-22(17-15-20)28(2)3/h5-18H,4,19H2,1-3H3,(H,27,30)/b26-18-. The fourth-order valence-electron chi connectivity index (χ4n) is 3.28. The zero-order chi connectivity index (χ0) is 23.8. The minimum absolute atomic E-state index is 0.119. The van der Waals surface area contributed by atoms with Crippen molar-refractivity contribution in [3.63, 3.8) is 0 Å². The normalized spacial score (nSPS) is 11.4. The molecule has 1 N–H and O–H groups in total. The highest BCUT2D eigenvalue weighted by molar-refractivity contribution is 7.92. The van der Waals surface area contributed by atoms with Crippen LogP contribution in [0.3, 0.4) is 0 Å². The Labute approximate surface area is 195 Å². The minimum atomic E-state index is -3.96. The van der Waals surface area contributed by atoms with Gasteiger partial charge in [-0.2, -0.15) is 5.10 Å². The second-order valence-corrected chi connectivity index (χ2v) is 9.45. The molecule has 0 fully saturated rings. The van der Waals surface area contributed by atoms with Crippen LogP contribution in [0.4, 0.5) is 11.4 Å². The number of para-hydroxylation sites is 1. The van der Waals surface area contributed by atoms with Gasteiger partial charge >= 0.3 is 0 Å². The van der Waals surface area contributed by atoms with Gasteiger partial charge in [0.2, 0.25) is 0 Å². The van der Waals surface area contributed by atoms with Gasteiger partial charge in [0.05, 0.1) is 16.8 Å². The van der Waals surface area contributed by atoms with Crippen LogP contribution in [-0.2, 0) is 21.2 Å². The third kappa shape index (κ3) is 5.98. The van der Waals surface area contributed by atoms with E-state index in [2.05, 4.69) is 10.5 Å². The fraction of sp³-hybridized carbons (Fsp3) is 0.200. The number of hydrazone groups is 1. The summed E-state index contributed by atoms with van der Waals surface area (Å²) in [4.78, 5) is 14.8. The van der Waals surface area contributed by atoms with Crippen LogP contribution < -0.4 is 14.6 Å². The summed E-state index contributed by atoms with van der Waals surface area (Å²) in [5, 5.41) is 4.00. The Morgan fingerprint density at radius 3 is 2.21 bits per heavy atom. The number of aryl methyl sites for hydroxylation is 1. The van der Waals surface area contributed by atoms with E-state index >= 15 is 0 Å². The second kappa shape index (κ2) is 10.8. The van der Waals surface area contributed by atoms with Crippen LogP contribution in [0.15, 0.2) is 88.9 Å². The summed E-state index contributed by atoms with van der Waals surface area (Å²) in [5.41, 5.74) is 5.61. The number of hydrogen-bond acceptors (Lipinski definition) is 5. The van der Waals surface area contributed by atoms with E-state index in [-0.39, 0.29) is 4.90 Å². The van der Waals surface area contributed by atoms with Crippen molar-refractivity contribution in [3.8, 4) is 0 Å². The Kier molecular flexibility index (Phi) is 7.84. The number of anilines is 2. The summed E-state index contributed by atoms with van der Waals surface area (Å²) in [5.74, 6) is -0.540. The van der Waals surface area contributed by atoms with Gasteiger partial charge in [0.1, 0.15) is 6.54 Å². The van der Waals surface area contributed by atoms with Crippen molar-refractivity contribution in [1.29, 1.82) is 0 Å². The van der Waals surface area contributed by atoms with Crippen molar-refractivity contribution in [2.75, 3.05) is 29.8 Å². The lowest BCUT2D eigenvalue weighted by Crippen LogP contribution is -2.40. The number of hydrogen-bond donors (Lipinski definition) is 1. The molecule has 0 aliphatic rings. The number of carbonyl (C=O) groups is 1. The highest BCUT2D eigenvalue weighted by Gasteiger charge is 2.28. The van der Waals surface area contributed by atoms with E-state index in [1.807, 2.05) is 62.3 Å². The first-order chi connectivity index (χ1) is 15.8. The SMILES string of the molecule is CCc1ccccc1N(CC(=O)N/N=C\c1ccc(N(C)C)cc1)S(=O)(=O)c1ccccc1. The minimum Gasteiger partial charge on any atom is -0.378 e. The Morgan fingerprint density at radius 2 is 1.58 bits per heavy atom. The highest BCUT2D eigenvalue weighted by Crippen LogP contribution is 2.27. The fourth-order valence-corrected chi connectivity index (χ4v) is 4.76. The predicted molar refractivity (Wildman–Crippen MR) is 133 cm³/mol. The molecule has 172 valence electrons. The molecule has 1 amide bonds. The van der Waals surface area contributed by atoms with Gasteiger partial charge in [0.15, 0.2) is 0 Å². The number of benzene rings is 3. The van der Waals surface area contributed by atoms with Gasteiger partial charge in [-0.15, -0.1) is 0 Å². The first-order valence-corrected chi connectivity index (χ1v) is 12.0. The molecule has 3 aromatic rings. The summed E-state index contributed by atoms with van der Waals surface area (Å²) in [7, 11) is -0.0487. The van der Waals surface area contributed by atoms with Crippen LogP contribution in [0.5, 0.6) is 0 Å². The van der Waals surface area contributed by atoms with E-state index in [9.17, 15) is 13.2 Å². The van der Waals surface area contributed by atoms with Crippen molar-refractivity contribution < 1.29 is 13.2 Å². The number of nitrogens with zero attached hydrogens (tertiary/aromatic N) is 3. The third-order valence-corrected chi connectivity index (χ3v) is 6.85. The van der Waals surface area contributed by atoms with Crippen LogP contribution >= 0.6 is 0 Å². The Hall–Kier alpha value is -3.65. The summed E-state index contributed by atoms with van der Waals surface area (Å²) in [6, 6.07) is 22.9. The summed E-state index contributed by atoms with van der Waals surface area (Å²) in [6.45, 7) is 1.54. The lowest BCUT2D eigenvalue weighted by atomic mass is 10.1. The highest BCUT2D eigenvalue weighted by atomic mass is 32.2. The van der Waals surface area contributed by atoms with E-state index < -0.39 is 22.5 Å². The van der Waals surface area contributed by atoms with Gasteiger partial charge in [-0.25, -0.2) is 13.8 Å². The van der Waals surface area contributed by atoms with Gasteiger partial charge in [0.25, 0.3) is 15.9 Å². The van der Waals surface area contributed by atoms with Crippen molar-refractivity contribution >= 4 is 33.5 Å². The average Bonchev–Trinajstić information content (AvgIpc) is 2.83. The molecule has 0 heterocycles. The monoisotopic (exact) mass is 464 g/mol. The zero-order valence-electron chi connectivity index (χ0n) is 19.0. The predicted octanol–water partition coefficient (Wildman–Crippen LogP) is 3.66. The topological polar surface area (TPSA) is 82.1 Å². The lowest BCUT2D eigenvalue weighted by molar-refractivity contribution is -0.119. The van der Waals surface area contributed by atoms with E-state index in [4.69, 9.17) is 0 Å². The Balaban J connectivity index is 1.82. The molecule has 8 heteroatoms. The summed E-state index contributed by atoms with van der Waals surface area (Å²) < 4.78 is 28.0. The third-order valence-electron chi connectivity index (χ3n) is 5.07. The van der Waals surface area contributed by atoms with Crippen LogP contribution in [-0.4, -0.2) is 41.2 Å². The molecule has 33 heavy (non-hydrogen) atoms. The second-order valence-electron chi connectivity index (χ2n) is 7.59. The maximum absolute atomic E-state index is 13.4. The number of amides is 1. The van der Waals surface area contributed by atoms with Crippen LogP contribution in [0.2, 0.25) is 0 Å². The molecule has 0 saturated heterocycles. The van der Waals surface area contributed by atoms with Crippen molar-refractivity contribution in [1.82, 2.24) is 5.43 Å². The summed E-state index contributed by atoms with van der Waals surface area (Å²) in [6.07, 6.45) is 2.15. The van der Waals surface area contributed by atoms with Gasteiger partial charge in [-0.1, -0.05) is 55.5 Å². The molecule has 0 aliphatic carbocycles. The van der Waals surface area contributed by atoms with Gasteiger partial charge in [-0.05, 0) is 47.9 Å². The number of rotatable bonds is 9. The molecule has 0 saturated carbocycles. The first-order valence-electron chi connectivity index (χ1n) is 10.6. The zero-order valence-corrected chi connectivity index (χ0v) is 19.8. The maximum atomic E-state index is 13.4. The molecular weight excluding hydrogens is 436 g/mol. The molecule has 3 aromatic carbocycles. The number of sulfonamides is 1. The van der Waals surface area contributed by atoms with Gasteiger partial charge in [0, 0.05) is 19.8 Å². The van der Waals surface area contributed by atoms with Crippen molar-refractivity contribution in [3.05, 3.63) is 90.0 Å². The molecular formula is C25H28N4O3S. The van der Waals surface area contributed by atoms with Gasteiger partial charge in [-0.3, -0.25) is 9.10 Å². The van der Waals surface area contributed by atoms with Crippen molar-refractivity contribution in [2.45, 2.75) is 18.2 Å². The average molecular weight is 465 g/mol. The van der Waals surface area contributed by atoms with Crippen molar-refractivity contribution in [2.24, 2.45) is 5.10 Å². The van der Waals surface area contributed by atoms with Gasteiger partial charge < -0.3 is 4.90 Å². The van der Waals surface area contributed by atoms with E-state index in [1.165, 1.54) is 18.3 Å². The van der Waals surface area contributed by atoms with E-state index in [0.29, 0.717) is 12.1 Å². The molecule has 0 unspecified atom stereocenters. The molecule has 0 atom stereocenters. The largest absolute Gasteiger partial charge is 0.378 e. The summed E-state index contributed by atoms with van der Waals surface area (Å²) >= 11 is 0. The van der Waals surface area contributed by atoms with E-state index in [1.54, 1.807) is 30.3 Å². The maximum Gasteiger partial charge on any atom is 0.264 e. The Bertz CT molecular complexity index is 1210.